The summed E-state index contributed by atoms with van der Waals surface area (Å²) in [6.45, 7) is 1.84. The first-order valence-corrected chi connectivity index (χ1v) is 8.43. The highest BCUT2D eigenvalue weighted by Gasteiger charge is 2.42. The van der Waals surface area contributed by atoms with E-state index in [0.29, 0.717) is 19.4 Å². The first-order chi connectivity index (χ1) is 12.2. The van der Waals surface area contributed by atoms with Gasteiger partial charge in [-0.2, -0.15) is 5.10 Å². The van der Waals surface area contributed by atoms with Crippen LogP contribution in [0.15, 0.2) is 42.7 Å². The molecule has 2 N–H and O–H groups in total. The van der Waals surface area contributed by atoms with Gasteiger partial charge in [0.1, 0.15) is 11.4 Å². The number of carbonyl (C=O) groups excluding carboxylic acids is 1. The molecule has 142 valence electrons. The largest absolute Gasteiger partial charge is 0.375 e. The summed E-state index contributed by atoms with van der Waals surface area (Å²) in [6.07, 6.45) is 4.54. The number of amides is 1. The van der Waals surface area contributed by atoms with Crippen molar-refractivity contribution in [2.45, 2.75) is 24.5 Å². The van der Waals surface area contributed by atoms with E-state index in [1.54, 1.807) is 30.1 Å². The number of methoxy groups -OCH3 is 1. The van der Waals surface area contributed by atoms with Gasteiger partial charge in [0, 0.05) is 26.0 Å². The lowest BCUT2D eigenvalue weighted by molar-refractivity contribution is -0.132. The zero-order valence-electron chi connectivity index (χ0n) is 14.7. The number of hydrogen-bond acceptors (Lipinski definition) is 4. The number of aromatic nitrogens is 2. The summed E-state index contributed by atoms with van der Waals surface area (Å²) < 4.78 is 20.3. The Kier molecular flexibility index (Phi) is 7.14. The Morgan fingerprint density at radius 2 is 2.08 bits per heavy atom. The van der Waals surface area contributed by atoms with E-state index in [4.69, 9.17) is 4.74 Å². The Bertz CT molecular complexity index is 688. The molecule has 1 aromatic heterocycles. The Morgan fingerprint density at radius 3 is 2.65 bits per heavy atom. The van der Waals surface area contributed by atoms with Crippen LogP contribution in [0.4, 0.5) is 4.39 Å². The zero-order valence-corrected chi connectivity index (χ0v) is 15.5. The molecule has 1 aliphatic heterocycles. The quantitative estimate of drug-likeness (QED) is 0.802. The molecule has 0 radical (unpaired) electrons. The molecule has 1 saturated heterocycles. The summed E-state index contributed by atoms with van der Waals surface area (Å²) in [7, 11) is 1.58. The maximum absolute atomic E-state index is 13.1. The third-order valence-electron chi connectivity index (χ3n) is 4.77. The van der Waals surface area contributed by atoms with Crippen LogP contribution in [0.5, 0.6) is 0 Å². The van der Waals surface area contributed by atoms with Gasteiger partial charge < -0.3 is 15.4 Å². The molecule has 0 saturated carbocycles. The van der Waals surface area contributed by atoms with Crippen LogP contribution in [0, 0.1) is 5.82 Å². The van der Waals surface area contributed by atoms with E-state index < -0.39 is 5.54 Å². The fourth-order valence-electron chi connectivity index (χ4n) is 3.29. The van der Waals surface area contributed by atoms with Crippen LogP contribution >= 0.6 is 12.4 Å². The van der Waals surface area contributed by atoms with Crippen LogP contribution in [0.25, 0.3) is 0 Å². The van der Waals surface area contributed by atoms with E-state index in [-0.39, 0.29) is 30.2 Å². The monoisotopic (exact) mass is 382 g/mol. The van der Waals surface area contributed by atoms with Gasteiger partial charge >= 0.3 is 0 Å². The van der Waals surface area contributed by atoms with Crippen molar-refractivity contribution in [2.75, 3.05) is 26.7 Å². The lowest BCUT2D eigenvalue weighted by atomic mass is 9.87. The second kappa shape index (κ2) is 9.12. The number of nitrogens with one attached hydrogen (secondary N) is 2. The van der Waals surface area contributed by atoms with Crippen LogP contribution < -0.4 is 10.6 Å². The van der Waals surface area contributed by atoms with E-state index in [0.717, 1.165) is 18.7 Å². The van der Waals surface area contributed by atoms with Gasteiger partial charge in [0.25, 0.3) is 0 Å². The van der Waals surface area contributed by atoms with Crippen molar-refractivity contribution in [3.8, 4) is 0 Å². The molecule has 1 aromatic carbocycles. The topological polar surface area (TPSA) is 68.2 Å². The van der Waals surface area contributed by atoms with E-state index in [9.17, 15) is 9.18 Å². The number of halogens is 2. The zero-order chi connectivity index (χ0) is 17.7. The minimum Gasteiger partial charge on any atom is -0.375 e. The predicted octanol–water partition coefficient (Wildman–Crippen LogP) is 2.03. The molecular weight excluding hydrogens is 359 g/mol. The first kappa shape index (κ1) is 20.4. The van der Waals surface area contributed by atoms with Gasteiger partial charge in [-0.15, -0.1) is 12.4 Å². The molecule has 1 amide bonds. The van der Waals surface area contributed by atoms with Crippen LogP contribution in [-0.2, 0) is 15.1 Å². The van der Waals surface area contributed by atoms with Crippen molar-refractivity contribution in [3.05, 3.63) is 54.1 Å². The van der Waals surface area contributed by atoms with Gasteiger partial charge in [-0.1, -0.05) is 12.1 Å². The molecule has 1 fully saturated rings. The van der Waals surface area contributed by atoms with Gasteiger partial charge in [0.15, 0.2) is 0 Å². The Hall–Kier alpha value is -1.96. The third-order valence-corrected chi connectivity index (χ3v) is 4.77. The molecule has 6 nitrogen and oxygen atoms in total. The van der Waals surface area contributed by atoms with Crippen LogP contribution in [0.3, 0.4) is 0 Å². The van der Waals surface area contributed by atoms with Crippen LogP contribution in [-0.4, -0.2) is 42.4 Å². The summed E-state index contributed by atoms with van der Waals surface area (Å²) in [4.78, 5) is 13.0. The smallest absolute Gasteiger partial charge is 0.248 e. The van der Waals surface area contributed by atoms with E-state index in [1.165, 1.54) is 12.1 Å². The maximum Gasteiger partial charge on any atom is 0.248 e. The predicted molar refractivity (Wildman–Crippen MR) is 98.7 cm³/mol. The normalized spacial score (nSPS) is 17.2. The Labute approximate surface area is 158 Å². The molecular formula is C18H24ClFN4O2. The minimum atomic E-state index is -0.685. The average Bonchev–Trinajstić information content (AvgIpc) is 3.19. The number of carbonyl (C=O) groups is 1. The van der Waals surface area contributed by atoms with Crippen LogP contribution in [0.1, 0.15) is 24.5 Å². The van der Waals surface area contributed by atoms with Crippen molar-refractivity contribution in [2.24, 2.45) is 0 Å². The van der Waals surface area contributed by atoms with E-state index in [2.05, 4.69) is 15.7 Å². The van der Waals surface area contributed by atoms with Crippen molar-refractivity contribution in [1.29, 1.82) is 0 Å². The highest BCUT2D eigenvalue weighted by atomic mass is 35.5. The Balaban J connectivity index is 0.00000243. The number of ether oxygens (including phenoxy) is 1. The summed E-state index contributed by atoms with van der Waals surface area (Å²) in [5.41, 5.74) is 0.137. The van der Waals surface area contributed by atoms with Gasteiger partial charge in [-0.05, 0) is 49.7 Å². The summed E-state index contributed by atoms with van der Waals surface area (Å²) in [5, 5.41) is 10.6. The molecule has 8 heteroatoms. The van der Waals surface area contributed by atoms with Gasteiger partial charge in [-0.3, -0.25) is 9.48 Å². The summed E-state index contributed by atoms with van der Waals surface area (Å²) in [5.74, 6) is -0.364. The third kappa shape index (κ3) is 4.23. The summed E-state index contributed by atoms with van der Waals surface area (Å²) in [6, 6.07) is 7.95. The highest BCUT2D eigenvalue weighted by molar-refractivity contribution is 5.85. The van der Waals surface area contributed by atoms with Crippen LogP contribution in [0.2, 0.25) is 0 Å². The number of piperidine rings is 1. The standard InChI is InChI=1S/C18H23FN4O2.ClH/c1-25-16(14-3-5-15(19)6-4-14)13-21-17(24)18(7-10-20-11-8-18)23-12-2-9-22-23;/h2-6,9,12,16,20H,7-8,10-11,13H2,1H3,(H,21,24);1H. The number of rotatable bonds is 6. The molecule has 1 unspecified atom stereocenters. The molecule has 0 spiro atoms. The SMILES string of the molecule is COC(CNC(=O)C1(n2cccn2)CCNCC1)c1ccc(F)cc1.Cl. The maximum atomic E-state index is 13.1. The molecule has 26 heavy (non-hydrogen) atoms. The van der Waals surface area contributed by atoms with E-state index >= 15 is 0 Å². The van der Waals surface area contributed by atoms with Gasteiger partial charge in [0.05, 0.1) is 6.10 Å². The lowest BCUT2D eigenvalue weighted by Crippen LogP contribution is -2.55. The van der Waals surface area contributed by atoms with Crippen molar-refractivity contribution < 1.29 is 13.9 Å². The van der Waals surface area contributed by atoms with Crippen molar-refractivity contribution in [3.63, 3.8) is 0 Å². The molecule has 2 aromatic rings. The number of hydrogen-bond donors (Lipinski definition) is 2. The molecule has 0 bridgehead atoms. The molecule has 3 rings (SSSR count). The fraction of sp³-hybridized carbons (Fsp3) is 0.444. The number of nitrogens with zero attached hydrogens (tertiary/aromatic N) is 2. The molecule has 1 atom stereocenters. The molecule has 0 aliphatic carbocycles. The lowest BCUT2D eigenvalue weighted by Gasteiger charge is -2.36. The molecule has 1 aliphatic rings. The van der Waals surface area contributed by atoms with E-state index in [1.807, 2.05) is 12.3 Å². The van der Waals surface area contributed by atoms with Crippen molar-refractivity contribution in [1.82, 2.24) is 20.4 Å². The molecule has 2 heterocycles. The van der Waals surface area contributed by atoms with Gasteiger partial charge in [0.2, 0.25) is 5.91 Å². The van der Waals surface area contributed by atoms with Crippen molar-refractivity contribution >= 4 is 18.3 Å². The highest BCUT2D eigenvalue weighted by Crippen LogP contribution is 2.27. The second-order valence-electron chi connectivity index (χ2n) is 6.22. The Morgan fingerprint density at radius 1 is 1.38 bits per heavy atom. The average molecular weight is 383 g/mol. The first-order valence-electron chi connectivity index (χ1n) is 8.43. The second-order valence-corrected chi connectivity index (χ2v) is 6.22. The summed E-state index contributed by atoms with van der Waals surface area (Å²) >= 11 is 0. The number of benzene rings is 1. The minimum absolute atomic E-state index is 0. The van der Waals surface area contributed by atoms with Gasteiger partial charge in [-0.25, -0.2) is 4.39 Å². The fourth-order valence-corrected chi connectivity index (χ4v) is 3.29.